The number of anilines is 2. The summed E-state index contributed by atoms with van der Waals surface area (Å²) in [5.74, 6) is 4.67. The molecule has 332 valence electrons. The van der Waals surface area contributed by atoms with E-state index >= 15 is 0 Å². The van der Waals surface area contributed by atoms with Crippen LogP contribution >= 0.6 is 0 Å². The van der Waals surface area contributed by atoms with Crippen molar-refractivity contribution >= 4 is 34.3 Å². The molecule has 4 aromatic heterocycles. The predicted octanol–water partition coefficient (Wildman–Crippen LogP) is 10.2. The first-order valence-electron chi connectivity index (χ1n) is 24.1. The fourth-order valence-electron chi connectivity index (χ4n) is 11.1. The van der Waals surface area contributed by atoms with Crippen LogP contribution in [0, 0.1) is 0 Å². The molecule has 2 fully saturated rings. The summed E-state index contributed by atoms with van der Waals surface area (Å²) in [6.07, 6.45) is 17.1. The monoisotopic (exact) mass is 859 g/mol. The summed E-state index contributed by atoms with van der Waals surface area (Å²) < 4.78 is 15.3. The number of benzene rings is 2. The standard InChI is InChI=1S/2C26H31N5O/c2*1-16(2)23-14-27-31-25(23)29-24(19-7-5-11-32-15-19)30-26(31)28-20-10-9-18-12-17-6-3-4-8-21(17)22(18)13-20/h2*3-4,6,8,14,16,19-20H,5,7,9-13,15H2,1-2H3,(H,28,29,30)/t19-,20+;19-,20-/m01/s1. The number of rotatable bonds is 8. The molecule has 2 saturated heterocycles. The third-order valence-corrected chi connectivity index (χ3v) is 14.6. The number of fused-ring (bicyclic) bond motifs is 6. The molecule has 12 heteroatoms. The molecule has 64 heavy (non-hydrogen) atoms. The number of hydrogen-bond donors (Lipinski definition) is 2. The van der Waals surface area contributed by atoms with Gasteiger partial charge in [0.25, 0.3) is 0 Å². The molecule has 6 aliphatic rings. The second-order valence-electron chi connectivity index (χ2n) is 19.6. The Bertz CT molecular complexity index is 2560. The summed E-state index contributed by atoms with van der Waals surface area (Å²) in [5, 5.41) is 16.9. The SMILES string of the molecule is CC(C)c1cnn2c(N[C@@H]3CCC4=C(C3)c3ccccc3C4)nc([C@@H]3CCCOC3)nc12.CC(C)c1cnn2c(N[C@@H]3CCC4=C(C3)c3ccccc3C4)nc([C@H]3CCCOC3)nc12. The Hall–Kier alpha value is -5.46. The first-order chi connectivity index (χ1) is 31.3. The van der Waals surface area contributed by atoms with Gasteiger partial charge >= 0.3 is 0 Å². The summed E-state index contributed by atoms with van der Waals surface area (Å²) >= 11 is 0. The van der Waals surface area contributed by atoms with Crippen LogP contribution in [-0.2, 0) is 22.3 Å². The van der Waals surface area contributed by atoms with Crippen LogP contribution in [0.2, 0.25) is 0 Å². The molecule has 0 unspecified atom stereocenters. The highest BCUT2D eigenvalue weighted by Gasteiger charge is 2.32. The number of hydrogen-bond acceptors (Lipinski definition) is 10. The molecule has 12 nitrogen and oxygen atoms in total. The van der Waals surface area contributed by atoms with Crippen molar-refractivity contribution in [1.29, 1.82) is 0 Å². The van der Waals surface area contributed by atoms with Crippen LogP contribution in [0.1, 0.15) is 161 Å². The van der Waals surface area contributed by atoms with Gasteiger partial charge in [0, 0.05) is 48.3 Å². The molecule has 2 aliphatic heterocycles. The highest BCUT2D eigenvalue weighted by atomic mass is 16.5. The van der Waals surface area contributed by atoms with E-state index < -0.39 is 0 Å². The van der Waals surface area contributed by atoms with Crippen LogP contribution in [-0.4, -0.2) is 77.7 Å². The van der Waals surface area contributed by atoms with Crippen LogP contribution in [0.5, 0.6) is 0 Å². The molecule has 0 spiro atoms. The van der Waals surface area contributed by atoms with Crippen molar-refractivity contribution < 1.29 is 9.47 Å². The predicted molar refractivity (Wildman–Crippen MR) is 252 cm³/mol. The van der Waals surface area contributed by atoms with Crippen LogP contribution in [0.4, 0.5) is 11.9 Å². The fourth-order valence-corrected chi connectivity index (χ4v) is 11.1. The maximum atomic E-state index is 5.75. The minimum Gasteiger partial charge on any atom is -0.381 e. The van der Waals surface area contributed by atoms with Gasteiger partial charge in [-0.3, -0.25) is 0 Å². The average molecular weight is 859 g/mol. The zero-order valence-electron chi connectivity index (χ0n) is 37.9. The number of nitrogens with zero attached hydrogens (tertiary/aromatic N) is 8. The Labute approximate surface area is 376 Å². The maximum Gasteiger partial charge on any atom is 0.227 e. The quantitative estimate of drug-likeness (QED) is 0.153. The third-order valence-electron chi connectivity index (χ3n) is 14.6. The Morgan fingerprint density at radius 3 is 1.45 bits per heavy atom. The second-order valence-corrected chi connectivity index (χ2v) is 19.6. The molecule has 2 N–H and O–H groups in total. The van der Waals surface area contributed by atoms with Gasteiger partial charge in [0.1, 0.15) is 11.6 Å². The van der Waals surface area contributed by atoms with Gasteiger partial charge in [-0.15, -0.1) is 0 Å². The lowest BCUT2D eigenvalue weighted by Crippen LogP contribution is -2.27. The van der Waals surface area contributed by atoms with E-state index in [2.05, 4.69) is 97.1 Å². The van der Waals surface area contributed by atoms with Crippen LogP contribution < -0.4 is 10.6 Å². The lowest BCUT2D eigenvalue weighted by molar-refractivity contribution is 0.0780. The minimum absolute atomic E-state index is 0.256. The van der Waals surface area contributed by atoms with Crippen LogP contribution in [0.25, 0.3) is 22.4 Å². The summed E-state index contributed by atoms with van der Waals surface area (Å²) in [5.41, 5.74) is 16.4. The number of ether oxygens (including phenoxy) is 2. The molecule has 12 rings (SSSR count). The first kappa shape index (κ1) is 41.3. The summed E-state index contributed by atoms with van der Waals surface area (Å²) in [7, 11) is 0. The topological polar surface area (TPSA) is 129 Å². The fraction of sp³-hybridized carbons (Fsp3) is 0.500. The Kier molecular flexibility index (Phi) is 11.3. The lowest BCUT2D eigenvalue weighted by atomic mass is 9.88. The number of aromatic nitrogens is 8. The van der Waals surface area contributed by atoms with Crippen LogP contribution in [0.15, 0.2) is 72.1 Å². The van der Waals surface area contributed by atoms with Crippen molar-refractivity contribution in [3.63, 3.8) is 0 Å². The Balaban J connectivity index is 0.000000143. The normalized spacial score (nSPS) is 23.0. The summed E-state index contributed by atoms with van der Waals surface area (Å²) in [6, 6.07) is 18.5. The molecule has 0 amide bonds. The van der Waals surface area contributed by atoms with Gasteiger partial charge in [-0.05, 0) is 122 Å². The smallest absolute Gasteiger partial charge is 0.227 e. The zero-order valence-corrected chi connectivity index (χ0v) is 37.9. The van der Waals surface area contributed by atoms with Crippen molar-refractivity contribution in [2.24, 2.45) is 0 Å². The van der Waals surface area contributed by atoms with Gasteiger partial charge in [-0.1, -0.05) is 87.4 Å². The largest absolute Gasteiger partial charge is 0.381 e. The van der Waals surface area contributed by atoms with E-state index in [0.29, 0.717) is 37.1 Å². The molecular formula is C52H62N10O2. The van der Waals surface area contributed by atoms with E-state index in [0.717, 1.165) is 125 Å². The highest BCUT2D eigenvalue weighted by molar-refractivity contribution is 5.79. The van der Waals surface area contributed by atoms with Gasteiger partial charge in [0.2, 0.25) is 11.9 Å². The van der Waals surface area contributed by atoms with E-state index in [4.69, 9.17) is 29.4 Å². The first-order valence-corrected chi connectivity index (χ1v) is 24.1. The molecule has 2 aromatic carbocycles. The molecular weight excluding hydrogens is 797 g/mol. The molecule has 6 heterocycles. The van der Waals surface area contributed by atoms with E-state index in [1.807, 2.05) is 21.4 Å². The zero-order chi connectivity index (χ0) is 43.3. The number of allylic oxidation sites excluding steroid dienone is 2. The molecule has 0 saturated carbocycles. The molecule has 4 atom stereocenters. The Morgan fingerprint density at radius 2 is 1.03 bits per heavy atom. The van der Waals surface area contributed by atoms with Gasteiger partial charge < -0.3 is 20.1 Å². The van der Waals surface area contributed by atoms with Crippen molar-refractivity contribution in [3.8, 4) is 0 Å². The molecule has 0 radical (unpaired) electrons. The van der Waals surface area contributed by atoms with Crippen molar-refractivity contribution in [2.75, 3.05) is 37.1 Å². The lowest BCUT2D eigenvalue weighted by Gasteiger charge is -2.27. The summed E-state index contributed by atoms with van der Waals surface area (Å²) in [4.78, 5) is 20.0. The third kappa shape index (κ3) is 7.90. The maximum absolute atomic E-state index is 5.75. The highest BCUT2D eigenvalue weighted by Crippen LogP contribution is 2.44. The Morgan fingerprint density at radius 1 is 0.578 bits per heavy atom. The van der Waals surface area contributed by atoms with Gasteiger partial charge in [0.15, 0.2) is 11.3 Å². The van der Waals surface area contributed by atoms with E-state index in [9.17, 15) is 0 Å². The van der Waals surface area contributed by atoms with Crippen LogP contribution in [0.3, 0.4) is 0 Å². The summed E-state index contributed by atoms with van der Waals surface area (Å²) in [6.45, 7) is 11.9. The van der Waals surface area contributed by atoms with Crippen molar-refractivity contribution in [1.82, 2.24) is 39.2 Å². The van der Waals surface area contributed by atoms with E-state index in [1.54, 1.807) is 22.3 Å². The number of nitrogens with one attached hydrogen (secondary N) is 2. The van der Waals surface area contributed by atoms with Crippen molar-refractivity contribution in [3.05, 3.63) is 117 Å². The van der Waals surface area contributed by atoms with Gasteiger partial charge in [0.05, 0.1) is 25.6 Å². The van der Waals surface area contributed by atoms with Gasteiger partial charge in [-0.2, -0.15) is 29.2 Å². The minimum atomic E-state index is 0.256. The van der Waals surface area contributed by atoms with E-state index in [1.165, 1.54) is 33.4 Å². The average Bonchev–Trinajstić information content (AvgIpc) is 4.13. The second kappa shape index (κ2) is 17.5. The molecule has 6 aromatic rings. The molecule has 0 bridgehead atoms. The van der Waals surface area contributed by atoms with E-state index in [-0.39, 0.29) is 11.8 Å². The van der Waals surface area contributed by atoms with Gasteiger partial charge in [-0.25, -0.2) is 9.97 Å². The van der Waals surface area contributed by atoms with Crippen molar-refractivity contribution in [2.45, 2.75) is 141 Å². The molecule has 4 aliphatic carbocycles.